The van der Waals surface area contributed by atoms with Gasteiger partial charge in [0.25, 0.3) is 5.91 Å². The minimum absolute atomic E-state index is 0.0496. The minimum Gasteiger partial charge on any atom is -0.376 e. The van der Waals surface area contributed by atoms with Gasteiger partial charge >= 0.3 is 0 Å². The molecule has 7 nitrogen and oxygen atoms in total. The van der Waals surface area contributed by atoms with Crippen LogP contribution in [0.2, 0.25) is 0 Å². The number of aryl methyl sites for hydroxylation is 1. The van der Waals surface area contributed by atoms with Crippen molar-refractivity contribution >= 4 is 34.8 Å². The van der Waals surface area contributed by atoms with Crippen molar-refractivity contribution in [3.8, 4) is 0 Å². The predicted octanol–water partition coefficient (Wildman–Crippen LogP) is 2.75. The third-order valence-corrected chi connectivity index (χ3v) is 3.75. The summed E-state index contributed by atoms with van der Waals surface area (Å²) < 4.78 is 0. The van der Waals surface area contributed by atoms with Crippen molar-refractivity contribution in [3.05, 3.63) is 53.6 Å². The van der Waals surface area contributed by atoms with Gasteiger partial charge < -0.3 is 21.3 Å². The monoisotopic (exact) mass is 368 g/mol. The first-order valence-electron chi connectivity index (χ1n) is 8.69. The molecule has 0 aliphatic heterocycles. The Hall–Kier alpha value is -3.35. The van der Waals surface area contributed by atoms with Crippen LogP contribution in [0.5, 0.6) is 0 Å². The lowest BCUT2D eigenvalue weighted by molar-refractivity contribution is -0.115. The molecule has 0 radical (unpaired) electrons. The Bertz CT molecular complexity index is 849. The molecule has 0 saturated heterocycles. The molecule has 0 aliphatic carbocycles. The maximum absolute atomic E-state index is 12.2. The molecule has 142 valence electrons. The van der Waals surface area contributed by atoms with Crippen molar-refractivity contribution in [1.29, 1.82) is 0 Å². The van der Waals surface area contributed by atoms with Gasteiger partial charge in [-0.3, -0.25) is 14.4 Å². The first kappa shape index (κ1) is 20.0. The van der Waals surface area contributed by atoms with Crippen LogP contribution in [-0.4, -0.2) is 30.8 Å². The highest BCUT2D eigenvalue weighted by atomic mass is 16.2. The second kappa shape index (κ2) is 9.38. The van der Waals surface area contributed by atoms with Crippen molar-refractivity contribution in [3.63, 3.8) is 0 Å². The molecule has 0 atom stereocenters. The van der Waals surface area contributed by atoms with E-state index in [4.69, 9.17) is 0 Å². The molecule has 0 heterocycles. The topological polar surface area (TPSA) is 99.3 Å². The smallest absolute Gasteiger partial charge is 0.251 e. The van der Waals surface area contributed by atoms with Crippen molar-refractivity contribution < 1.29 is 14.4 Å². The van der Waals surface area contributed by atoms with Gasteiger partial charge in [-0.15, -0.1) is 0 Å². The number of carbonyl (C=O) groups is 3. The molecule has 2 aromatic carbocycles. The zero-order valence-corrected chi connectivity index (χ0v) is 15.7. The van der Waals surface area contributed by atoms with Crippen LogP contribution in [0.1, 0.15) is 29.8 Å². The molecule has 0 fully saturated rings. The van der Waals surface area contributed by atoms with E-state index in [2.05, 4.69) is 21.3 Å². The summed E-state index contributed by atoms with van der Waals surface area (Å²) in [6.07, 6.45) is 0. The number of benzene rings is 2. The number of anilines is 3. The predicted molar refractivity (Wildman–Crippen MR) is 107 cm³/mol. The zero-order chi connectivity index (χ0) is 19.8. The second-order valence-electron chi connectivity index (χ2n) is 6.05. The van der Waals surface area contributed by atoms with Crippen LogP contribution >= 0.6 is 0 Å². The molecule has 0 spiro atoms. The molecule has 7 heteroatoms. The van der Waals surface area contributed by atoms with E-state index in [-0.39, 0.29) is 24.3 Å². The number of hydrogen-bond donors (Lipinski definition) is 4. The van der Waals surface area contributed by atoms with Gasteiger partial charge in [-0.25, -0.2) is 0 Å². The van der Waals surface area contributed by atoms with Gasteiger partial charge in [-0.1, -0.05) is 12.1 Å². The Morgan fingerprint density at radius 2 is 1.74 bits per heavy atom. The molecule has 0 bridgehead atoms. The van der Waals surface area contributed by atoms with Crippen LogP contribution < -0.4 is 21.3 Å². The second-order valence-corrected chi connectivity index (χ2v) is 6.05. The van der Waals surface area contributed by atoms with E-state index in [1.165, 1.54) is 6.92 Å². The fourth-order valence-electron chi connectivity index (χ4n) is 2.44. The summed E-state index contributed by atoms with van der Waals surface area (Å²) in [7, 11) is 0. The first-order valence-corrected chi connectivity index (χ1v) is 8.69. The SMILES string of the molecule is CCNC(=O)c1cccc(NC(=O)CNc2ccc(C)c(NC(C)=O)c2)c1. The van der Waals surface area contributed by atoms with E-state index in [1.54, 1.807) is 30.3 Å². The van der Waals surface area contributed by atoms with Gasteiger partial charge in [0.05, 0.1) is 6.54 Å². The van der Waals surface area contributed by atoms with Crippen LogP contribution in [-0.2, 0) is 9.59 Å². The number of nitrogens with one attached hydrogen (secondary N) is 4. The molecule has 2 aromatic rings. The van der Waals surface area contributed by atoms with Crippen molar-refractivity contribution in [2.75, 3.05) is 29.0 Å². The highest BCUT2D eigenvalue weighted by Crippen LogP contribution is 2.20. The molecule has 2 rings (SSSR count). The highest BCUT2D eigenvalue weighted by molar-refractivity contribution is 5.98. The fourth-order valence-corrected chi connectivity index (χ4v) is 2.44. The molecular formula is C20H24N4O3. The van der Waals surface area contributed by atoms with Gasteiger partial charge in [-0.2, -0.15) is 0 Å². The minimum atomic E-state index is -0.246. The molecule has 0 aliphatic rings. The Morgan fingerprint density at radius 3 is 2.44 bits per heavy atom. The Kier molecular flexibility index (Phi) is 6.93. The molecule has 0 unspecified atom stereocenters. The third-order valence-electron chi connectivity index (χ3n) is 3.75. The molecule has 0 aromatic heterocycles. The van der Waals surface area contributed by atoms with Crippen LogP contribution in [0.4, 0.5) is 17.1 Å². The van der Waals surface area contributed by atoms with Crippen LogP contribution in [0.15, 0.2) is 42.5 Å². The van der Waals surface area contributed by atoms with Crippen LogP contribution in [0.25, 0.3) is 0 Å². The first-order chi connectivity index (χ1) is 12.9. The molecule has 0 saturated carbocycles. The summed E-state index contributed by atoms with van der Waals surface area (Å²) in [5, 5.41) is 11.2. The van der Waals surface area contributed by atoms with Crippen molar-refractivity contribution in [2.24, 2.45) is 0 Å². The summed E-state index contributed by atoms with van der Waals surface area (Å²) in [5.41, 5.74) is 3.38. The van der Waals surface area contributed by atoms with Gasteiger partial charge in [0, 0.05) is 36.1 Å². The summed E-state index contributed by atoms with van der Waals surface area (Å²) in [4.78, 5) is 35.3. The molecular weight excluding hydrogens is 344 g/mol. The van der Waals surface area contributed by atoms with E-state index in [9.17, 15) is 14.4 Å². The lowest BCUT2D eigenvalue weighted by Crippen LogP contribution is -2.24. The lowest BCUT2D eigenvalue weighted by atomic mass is 10.1. The zero-order valence-electron chi connectivity index (χ0n) is 15.7. The van der Waals surface area contributed by atoms with Gasteiger partial charge in [0.2, 0.25) is 11.8 Å². The summed E-state index contributed by atoms with van der Waals surface area (Å²) in [5.74, 6) is -0.582. The van der Waals surface area contributed by atoms with Crippen LogP contribution in [0.3, 0.4) is 0 Å². The number of rotatable bonds is 7. The maximum atomic E-state index is 12.2. The number of amides is 3. The normalized spacial score (nSPS) is 10.0. The maximum Gasteiger partial charge on any atom is 0.251 e. The summed E-state index contributed by atoms with van der Waals surface area (Å²) in [6, 6.07) is 12.2. The van der Waals surface area contributed by atoms with Gasteiger partial charge in [0.1, 0.15) is 0 Å². The average molecular weight is 368 g/mol. The van der Waals surface area contributed by atoms with Crippen LogP contribution in [0, 0.1) is 6.92 Å². The Labute approximate surface area is 158 Å². The standard InChI is InChI=1S/C20H24N4O3/c1-4-21-20(27)15-6-5-7-17(10-15)24-19(26)12-22-16-9-8-13(2)18(11-16)23-14(3)25/h5-11,22H,4,12H2,1-3H3,(H,21,27)(H,23,25)(H,24,26). The molecule has 3 amide bonds. The number of carbonyl (C=O) groups excluding carboxylic acids is 3. The summed E-state index contributed by atoms with van der Waals surface area (Å²) >= 11 is 0. The van der Waals surface area contributed by atoms with E-state index in [1.807, 2.05) is 26.0 Å². The lowest BCUT2D eigenvalue weighted by Gasteiger charge is -2.12. The quantitative estimate of drug-likeness (QED) is 0.604. The third kappa shape index (κ3) is 6.14. The average Bonchev–Trinajstić information content (AvgIpc) is 2.62. The summed E-state index contributed by atoms with van der Waals surface area (Å²) in [6.45, 7) is 5.77. The van der Waals surface area contributed by atoms with Gasteiger partial charge in [0.15, 0.2) is 0 Å². The van der Waals surface area contributed by atoms with E-state index >= 15 is 0 Å². The highest BCUT2D eigenvalue weighted by Gasteiger charge is 2.08. The Morgan fingerprint density at radius 1 is 0.963 bits per heavy atom. The van der Waals surface area contributed by atoms with Crippen molar-refractivity contribution in [1.82, 2.24) is 5.32 Å². The van der Waals surface area contributed by atoms with E-state index in [0.29, 0.717) is 23.5 Å². The largest absolute Gasteiger partial charge is 0.376 e. The van der Waals surface area contributed by atoms with Crippen molar-refractivity contribution in [2.45, 2.75) is 20.8 Å². The molecule has 27 heavy (non-hydrogen) atoms. The van der Waals surface area contributed by atoms with Gasteiger partial charge in [-0.05, 0) is 49.7 Å². The fraction of sp³-hybridized carbons (Fsp3) is 0.250. The Balaban J connectivity index is 1.96. The van der Waals surface area contributed by atoms with E-state index in [0.717, 1.165) is 11.3 Å². The number of hydrogen-bond acceptors (Lipinski definition) is 4. The van der Waals surface area contributed by atoms with E-state index < -0.39 is 0 Å². The molecule has 4 N–H and O–H groups in total.